The molecule has 0 unspecified atom stereocenters. The Bertz CT molecular complexity index is 534. The molecule has 96 valence electrons. The molecule has 0 fully saturated rings. The van der Waals surface area contributed by atoms with E-state index < -0.39 is 0 Å². The first kappa shape index (κ1) is 13.2. The molecule has 0 radical (unpaired) electrons. The molecule has 0 aliphatic heterocycles. The number of hydrogen-bond acceptors (Lipinski definition) is 3. The Hall–Kier alpha value is -1.20. The first-order chi connectivity index (χ1) is 8.58. The van der Waals surface area contributed by atoms with Gasteiger partial charge < -0.3 is 9.84 Å². The summed E-state index contributed by atoms with van der Waals surface area (Å²) in [6, 6.07) is 4.99. The van der Waals surface area contributed by atoms with Gasteiger partial charge in [-0.2, -0.15) is 0 Å². The highest BCUT2D eigenvalue weighted by Gasteiger charge is 2.08. The van der Waals surface area contributed by atoms with E-state index in [1.807, 2.05) is 13.8 Å². The zero-order valence-electron chi connectivity index (χ0n) is 10.3. The fourth-order valence-corrected chi connectivity index (χ4v) is 2.16. The summed E-state index contributed by atoms with van der Waals surface area (Å²) in [5.74, 6) is 0.588. The SMILES string of the molecule is Cc1noc(C)c1CNCc1ccc(F)c(Br)c1. The quantitative estimate of drug-likeness (QED) is 0.939. The monoisotopic (exact) mass is 312 g/mol. The third-order valence-corrected chi connectivity index (χ3v) is 3.40. The summed E-state index contributed by atoms with van der Waals surface area (Å²) >= 11 is 3.17. The minimum Gasteiger partial charge on any atom is -0.361 e. The maximum atomic E-state index is 13.1. The predicted octanol–water partition coefficient (Wildman–Crippen LogP) is 3.48. The summed E-state index contributed by atoms with van der Waals surface area (Å²) in [6.07, 6.45) is 0. The van der Waals surface area contributed by atoms with E-state index >= 15 is 0 Å². The number of aromatic nitrogens is 1. The van der Waals surface area contributed by atoms with Crippen molar-refractivity contribution in [1.82, 2.24) is 10.5 Å². The molecule has 1 N–H and O–H groups in total. The average Bonchev–Trinajstić information content (AvgIpc) is 2.65. The molecule has 0 aliphatic rings. The van der Waals surface area contributed by atoms with E-state index in [1.54, 1.807) is 12.1 Å². The summed E-state index contributed by atoms with van der Waals surface area (Å²) < 4.78 is 18.6. The van der Waals surface area contributed by atoms with Crippen LogP contribution in [0.4, 0.5) is 4.39 Å². The largest absolute Gasteiger partial charge is 0.361 e. The molecule has 0 spiro atoms. The van der Waals surface area contributed by atoms with Crippen LogP contribution in [0.1, 0.15) is 22.6 Å². The Morgan fingerprint density at radius 3 is 2.72 bits per heavy atom. The van der Waals surface area contributed by atoms with Crippen molar-refractivity contribution in [2.24, 2.45) is 0 Å². The molecule has 0 amide bonds. The summed E-state index contributed by atoms with van der Waals surface area (Å²) in [6.45, 7) is 5.17. The van der Waals surface area contributed by atoms with Crippen LogP contribution in [0.2, 0.25) is 0 Å². The summed E-state index contributed by atoms with van der Waals surface area (Å²) in [4.78, 5) is 0. The van der Waals surface area contributed by atoms with Crippen molar-refractivity contribution >= 4 is 15.9 Å². The maximum Gasteiger partial charge on any atom is 0.138 e. The number of hydrogen-bond donors (Lipinski definition) is 1. The highest BCUT2D eigenvalue weighted by atomic mass is 79.9. The molecular formula is C13H14BrFN2O. The van der Waals surface area contributed by atoms with Gasteiger partial charge in [0.2, 0.25) is 0 Å². The number of nitrogens with one attached hydrogen (secondary N) is 1. The molecule has 18 heavy (non-hydrogen) atoms. The van der Waals surface area contributed by atoms with Crippen molar-refractivity contribution in [3.05, 3.63) is 51.1 Å². The molecule has 0 saturated carbocycles. The van der Waals surface area contributed by atoms with Crippen LogP contribution < -0.4 is 5.32 Å². The molecule has 1 heterocycles. The van der Waals surface area contributed by atoms with Crippen LogP contribution in [-0.2, 0) is 13.1 Å². The molecule has 0 atom stereocenters. The van der Waals surface area contributed by atoms with Crippen LogP contribution >= 0.6 is 15.9 Å². The zero-order chi connectivity index (χ0) is 13.1. The third kappa shape index (κ3) is 2.97. The molecular weight excluding hydrogens is 299 g/mol. The molecule has 2 aromatic rings. The Kier molecular flexibility index (Phi) is 4.14. The normalized spacial score (nSPS) is 10.9. The lowest BCUT2D eigenvalue weighted by Crippen LogP contribution is -2.13. The molecule has 1 aromatic heterocycles. The highest BCUT2D eigenvalue weighted by molar-refractivity contribution is 9.10. The van der Waals surface area contributed by atoms with Crippen molar-refractivity contribution in [3.8, 4) is 0 Å². The number of halogens is 2. The van der Waals surface area contributed by atoms with Crippen molar-refractivity contribution in [3.63, 3.8) is 0 Å². The Morgan fingerprint density at radius 1 is 1.33 bits per heavy atom. The van der Waals surface area contributed by atoms with E-state index in [9.17, 15) is 4.39 Å². The molecule has 0 aliphatic carbocycles. The molecule has 2 rings (SSSR count). The van der Waals surface area contributed by atoms with Gasteiger partial charge in [-0.05, 0) is 47.5 Å². The van der Waals surface area contributed by atoms with Crippen LogP contribution in [0.15, 0.2) is 27.2 Å². The minimum atomic E-state index is -0.246. The van der Waals surface area contributed by atoms with Gasteiger partial charge in [0.05, 0.1) is 10.2 Å². The van der Waals surface area contributed by atoms with Gasteiger partial charge in [0, 0.05) is 18.7 Å². The lowest BCUT2D eigenvalue weighted by molar-refractivity contribution is 0.392. The molecule has 5 heteroatoms. The lowest BCUT2D eigenvalue weighted by atomic mass is 10.2. The van der Waals surface area contributed by atoms with Gasteiger partial charge in [0.25, 0.3) is 0 Å². The average molecular weight is 313 g/mol. The van der Waals surface area contributed by atoms with Crippen LogP contribution in [-0.4, -0.2) is 5.16 Å². The Balaban J connectivity index is 1.94. The van der Waals surface area contributed by atoms with E-state index in [0.717, 1.165) is 22.6 Å². The Morgan fingerprint density at radius 2 is 2.11 bits per heavy atom. The smallest absolute Gasteiger partial charge is 0.138 e. The number of benzene rings is 1. The first-order valence-corrected chi connectivity index (χ1v) is 6.43. The van der Waals surface area contributed by atoms with Crippen LogP contribution in [0.3, 0.4) is 0 Å². The first-order valence-electron chi connectivity index (χ1n) is 5.64. The van der Waals surface area contributed by atoms with Gasteiger partial charge in [-0.3, -0.25) is 0 Å². The van der Waals surface area contributed by atoms with Gasteiger partial charge in [-0.1, -0.05) is 11.2 Å². The third-order valence-electron chi connectivity index (χ3n) is 2.80. The standard InChI is InChI=1S/C13H14BrFN2O/c1-8-11(9(2)18-17-8)7-16-6-10-3-4-13(15)12(14)5-10/h3-5,16H,6-7H2,1-2H3. The molecule has 3 nitrogen and oxygen atoms in total. The van der Waals surface area contributed by atoms with Gasteiger partial charge in [0.15, 0.2) is 0 Å². The summed E-state index contributed by atoms with van der Waals surface area (Å²) in [5, 5.41) is 7.18. The summed E-state index contributed by atoms with van der Waals surface area (Å²) in [7, 11) is 0. The second-order valence-electron chi connectivity index (χ2n) is 4.15. The molecule has 0 saturated heterocycles. The van der Waals surface area contributed by atoms with Crippen molar-refractivity contribution in [2.45, 2.75) is 26.9 Å². The molecule has 1 aromatic carbocycles. The molecule has 0 bridgehead atoms. The fraction of sp³-hybridized carbons (Fsp3) is 0.308. The zero-order valence-corrected chi connectivity index (χ0v) is 11.8. The van der Waals surface area contributed by atoms with E-state index in [-0.39, 0.29) is 5.82 Å². The number of rotatable bonds is 4. The van der Waals surface area contributed by atoms with Gasteiger partial charge >= 0.3 is 0 Å². The minimum absolute atomic E-state index is 0.246. The van der Waals surface area contributed by atoms with E-state index in [1.165, 1.54) is 6.07 Å². The second-order valence-corrected chi connectivity index (χ2v) is 5.01. The van der Waals surface area contributed by atoms with Crippen LogP contribution in [0.25, 0.3) is 0 Å². The van der Waals surface area contributed by atoms with Gasteiger partial charge in [-0.15, -0.1) is 0 Å². The van der Waals surface area contributed by atoms with Gasteiger partial charge in [-0.25, -0.2) is 4.39 Å². The van der Waals surface area contributed by atoms with E-state index in [0.29, 0.717) is 17.6 Å². The lowest BCUT2D eigenvalue weighted by Gasteiger charge is -2.05. The highest BCUT2D eigenvalue weighted by Crippen LogP contribution is 2.17. The second kappa shape index (κ2) is 5.63. The number of nitrogens with zero attached hydrogens (tertiary/aromatic N) is 1. The number of aryl methyl sites for hydroxylation is 2. The summed E-state index contributed by atoms with van der Waals surface area (Å²) in [5.41, 5.74) is 3.01. The topological polar surface area (TPSA) is 38.1 Å². The van der Waals surface area contributed by atoms with Crippen molar-refractivity contribution < 1.29 is 8.91 Å². The predicted molar refractivity (Wildman–Crippen MR) is 70.6 cm³/mol. The van der Waals surface area contributed by atoms with Crippen molar-refractivity contribution in [1.29, 1.82) is 0 Å². The fourth-order valence-electron chi connectivity index (χ4n) is 1.74. The van der Waals surface area contributed by atoms with E-state index in [4.69, 9.17) is 4.52 Å². The van der Waals surface area contributed by atoms with Crippen LogP contribution in [0.5, 0.6) is 0 Å². The van der Waals surface area contributed by atoms with Gasteiger partial charge in [0.1, 0.15) is 11.6 Å². The maximum absolute atomic E-state index is 13.1. The van der Waals surface area contributed by atoms with Crippen LogP contribution in [0, 0.1) is 19.7 Å². The van der Waals surface area contributed by atoms with Crippen molar-refractivity contribution in [2.75, 3.05) is 0 Å². The Labute approximate surface area is 113 Å². The van der Waals surface area contributed by atoms with E-state index in [2.05, 4.69) is 26.4 Å².